The van der Waals surface area contributed by atoms with Gasteiger partial charge in [-0.25, -0.2) is 0 Å². The lowest BCUT2D eigenvalue weighted by molar-refractivity contribution is 0.599. The van der Waals surface area contributed by atoms with Crippen LogP contribution in [0.4, 0.5) is 0 Å². The lowest BCUT2D eigenvalue weighted by Gasteiger charge is -2.10. The average Bonchev–Trinajstić information content (AvgIpc) is 2.82. The molecule has 19 heavy (non-hydrogen) atoms. The molecular formula is C17H17NO. The van der Waals surface area contributed by atoms with E-state index in [1.165, 1.54) is 11.1 Å². The molecule has 0 saturated heterocycles. The fraction of sp³-hybridized carbons (Fsp3) is 0.176. The number of nitrogens with two attached hydrogens (primary N) is 1. The number of hydrogen-bond donors (Lipinski definition) is 1. The Labute approximate surface area is 112 Å². The molecule has 1 unspecified atom stereocenters. The Morgan fingerprint density at radius 2 is 1.95 bits per heavy atom. The highest BCUT2D eigenvalue weighted by molar-refractivity contribution is 5.81. The van der Waals surface area contributed by atoms with Crippen molar-refractivity contribution >= 4 is 11.0 Å². The van der Waals surface area contributed by atoms with Gasteiger partial charge in [-0.2, -0.15) is 0 Å². The third-order valence-electron chi connectivity index (χ3n) is 3.45. The van der Waals surface area contributed by atoms with Gasteiger partial charge >= 0.3 is 0 Å². The zero-order valence-corrected chi connectivity index (χ0v) is 11.0. The van der Waals surface area contributed by atoms with E-state index in [1.807, 2.05) is 18.2 Å². The van der Waals surface area contributed by atoms with Gasteiger partial charge in [0.05, 0.1) is 6.26 Å². The van der Waals surface area contributed by atoms with Crippen LogP contribution in [0, 0.1) is 6.92 Å². The van der Waals surface area contributed by atoms with Crippen LogP contribution in [0.3, 0.4) is 0 Å². The number of hydrogen-bond acceptors (Lipinski definition) is 2. The second kappa shape index (κ2) is 4.90. The predicted octanol–water partition coefficient (Wildman–Crippen LogP) is 3.98. The third kappa shape index (κ3) is 2.40. The van der Waals surface area contributed by atoms with E-state index in [-0.39, 0.29) is 6.04 Å². The Bertz CT molecular complexity index is 699. The maximum atomic E-state index is 6.33. The van der Waals surface area contributed by atoms with Crippen molar-refractivity contribution in [3.8, 4) is 0 Å². The van der Waals surface area contributed by atoms with Crippen LogP contribution in [-0.2, 0) is 6.42 Å². The van der Waals surface area contributed by atoms with E-state index >= 15 is 0 Å². The monoisotopic (exact) mass is 251 g/mol. The molecule has 0 spiro atoms. The van der Waals surface area contributed by atoms with Gasteiger partial charge in [0.1, 0.15) is 5.58 Å². The molecule has 0 radical (unpaired) electrons. The lowest BCUT2D eigenvalue weighted by atomic mass is 9.98. The standard InChI is InChI=1S/C17H17NO/c1-12-5-4-6-13(9-12)10-16(18)15-11-19-17-8-3-2-7-14(15)17/h2-9,11,16H,10,18H2,1H3. The highest BCUT2D eigenvalue weighted by atomic mass is 16.3. The van der Waals surface area contributed by atoms with E-state index in [9.17, 15) is 0 Å². The molecular weight excluding hydrogens is 234 g/mol. The first-order valence-electron chi connectivity index (χ1n) is 6.51. The molecule has 0 bridgehead atoms. The molecule has 2 nitrogen and oxygen atoms in total. The van der Waals surface area contributed by atoms with Crippen molar-refractivity contribution in [1.29, 1.82) is 0 Å². The molecule has 0 fully saturated rings. The van der Waals surface area contributed by atoms with Crippen molar-refractivity contribution in [1.82, 2.24) is 0 Å². The predicted molar refractivity (Wildman–Crippen MR) is 78.0 cm³/mol. The van der Waals surface area contributed by atoms with E-state index in [4.69, 9.17) is 10.2 Å². The summed E-state index contributed by atoms with van der Waals surface area (Å²) in [5, 5.41) is 1.11. The zero-order chi connectivity index (χ0) is 13.2. The molecule has 96 valence electrons. The van der Waals surface area contributed by atoms with Crippen LogP contribution in [0.25, 0.3) is 11.0 Å². The summed E-state index contributed by atoms with van der Waals surface area (Å²) in [7, 11) is 0. The van der Waals surface area contributed by atoms with Gasteiger partial charge in [-0.15, -0.1) is 0 Å². The van der Waals surface area contributed by atoms with Crippen LogP contribution in [0.5, 0.6) is 0 Å². The molecule has 0 saturated carbocycles. The fourth-order valence-corrected chi connectivity index (χ4v) is 2.49. The summed E-state index contributed by atoms with van der Waals surface area (Å²) in [4.78, 5) is 0. The van der Waals surface area contributed by atoms with Gasteiger partial charge in [-0.1, -0.05) is 48.0 Å². The van der Waals surface area contributed by atoms with Crippen molar-refractivity contribution in [2.45, 2.75) is 19.4 Å². The number of furan rings is 1. The van der Waals surface area contributed by atoms with Crippen LogP contribution in [-0.4, -0.2) is 0 Å². The van der Waals surface area contributed by atoms with Crippen molar-refractivity contribution in [2.75, 3.05) is 0 Å². The molecule has 0 aliphatic rings. The van der Waals surface area contributed by atoms with Crippen molar-refractivity contribution < 1.29 is 4.42 Å². The van der Waals surface area contributed by atoms with Crippen LogP contribution < -0.4 is 5.73 Å². The van der Waals surface area contributed by atoms with E-state index in [0.29, 0.717) is 0 Å². The lowest BCUT2D eigenvalue weighted by Crippen LogP contribution is -2.12. The van der Waals surface area contributed by atoms with Gasteiger partial charge in [0.25, 0.3) is 0 Å². The SMILES string of the molecule is Cc1cccc(CC(N)c2coc3ccccc23)c1. The zero-order valence-electron chi connectivity index (χ0n) is 11.0. The molecule has 2 heteroatoms. The van der Waals surface area contributed by atoms with E-state index in [2.05, 4.69) is 37.3 Å². The maximum Gasteiger partial charge on any atom is 0.134 e. The van der Waals surface area contributed by atoms with E-state index in [1.54, 1.807) is 6.26 Å². The van der Waals surface area contributed by atoms with Crippen molar-refractivity contribution in [2.24, 2.45) is 5.73 Å². The van der Waals surface area contributed by atoms with E-state index < -0.39 is 0 Å². The molecule has 2 aromatic carbocycles. The van der Waals surface area contributed by atoms with Gasteiger partial charge in [0, 0.05) is 17.0 Å². The van der Waals surface area contributed by atoms with E-state index in [0.717, 1.165) is 23.0 Å². The van der Waals surface area contributed by atoms with Crippen LogP contribution in [0.2, 0.25) is 0 Å². The quantitative estimate of drug-likeness (QED) is 0.764. The smallest absolute Gasteiger partial charge is 0.134 e. The summed E-state index contributed by atoms with van der Waals surface area (Å²) in [5.74, 6) is 0. The second-order valence-electron chi connectivity index (χ2n) is 4.99. The Kier molecular flexibility index (Phi) is 3.10. The second-order valence-corrected chi connectivity index (χ2v) is 4.99. The number of para-hydroxylation sites is 1. The number of aryl methyl sites for hydroxylation is 1. The molecule has 1 atom stereocenters. The molecule has 1 heterocycles. The Hall–Kier alpha value is -2.06. The summed E-state index contributed by atoms with van der Waals surface area (Å²) in [6.07, 6.45) is 2.61. The summed E-state index contributed by atoms with van der Waals surface area (Å²) < 4.78 is 5.55. The topological polar surface area (TPSA) is 39.2 Å². The largest absolute Gasteiger partial charge is 0.464 e. The molecule has 3 rings (SSSR count). The summed E-state index contributed by atoms with van der Waals surface area (Å²) in [6.45, 7) is 2.10. The normalized spacial score (nSPS) is 12.7. The van der Waals surface area contributed by atoms with Gasteiger partial charge in [-0.3, -0.25) is 0 Å². The maximum absolute atomic E-state index is 6.33. The van der Waals surface area contributed by atoms with Crippen LogP contribution in [0.1, 0.15) is 22.7 Å². The average molecular weight is 251 g/mol. The summed E-state index contributed by atoms with van der Waals surface area (Å²) in [6, 6.07) is 16.5. The minimum atomic E-state index is -0.0366. The highest BCUT2D eigenvalue weighted by Crippen LogP contribution is 2.27. The summed E-state index contributed by atoms with van der Waals surface area (Å²) >= 11 is 0. The van der Waals surface area contributed by atoms with Gasteiger partial charge in [0.15, 0.2) is 0 Å². The van der Waals surface area contributed by atoms with Crippen LogP contribution in [0.15, 0.2) is 59.2 Å². The minimum absolute atomic E-state index is 0.0366. The van der Waals surface area contributed by atoms with Crippen LogP contribution >= 0.6 is 0 Å². The first kappa shape index (κ1) is 12.0. The molecule has 2 N–H and O–H groups in total. The Morgan fingerprint density at radius 3 is 2.79 bits per heavy atom. The van der Waals surface area contributed by atoms with Crippen molar-refractivity contribution in [3.63, 3.8) is 0 Å². The number of fused-ring (bicyclic) bond motifs is 1. The Balaban J connectivity index is 1.90. The molecule has 0 aliphatic carbocycles. The highest BCUT2D eigenvalue weighted by Gasteiger charge is 2.13. The molecule has 0 amide bonds. The Morgan fingerprint density at radius 1 is 1.11 bits per heavy atom. The van der Waals surface area contributed by atoms with Gasteiger partial charge < -0.3 is 10.2 Å². The van der Waals surface area contributed by atoms with Gasteiger partial charge in [0.2, 0.25) is 0 Å². The first-order chi connectivity index (χ1) is 9.24. The third-order valence-corrected chi connectivity index (χ3v) is 3.45. The number of benzene rings is 2. The fourth-order valence-electron chi connectivity index (χ4n) is 2.49. The molecule has 0 aliphatic heterocycles. The molecule has 1 aromatic heterocycles. The number of rotatable bonds is 3. The van der Waals surface area contributed by atoms with Gasteiger partial charge in [-0.05, 0) is 25.0 Å². The van der Waals surface area contributed by atoms with Crippen molar-refractivity contribution in [3.05, 3.63) is 71.5 Å². The minimum Gasteiger partial charge on any atom is -0.464 e. The molecule has 3 aromatic rings. The first-order valence-corrected chi connectivity index (χ1v) is 6.51. The summed E-state index contributed by atoms with van der Waals surface area (Å²) in [5.41, 5.74) is 10.8.